The minimum Gasteiger partial charge on any atom is -0.321 e. The lowest BCUT2D eigenvalue weighted by Gasteiger charge is -1.90. The molecule has 1 aliphatic rings. The van der Waals surface area contributed by atoms with Crippen LogP contribution in [0.5, 0.6) is 0 Å². The van der Waals surface area contributed by atoms with E-state index in [1.54, 1.807) is 0 Å². The molecule has 0 bridgehead atoms. The van der Waals surface area contributed by atoms with Gasteiger partial charge >= 0.3 is 0 Å². The van der Waals surface area contributed by atoms with E-state index in [1.165, 1.54) is 0 Å². The third kappa shape index (κ3) is 0.951. The highest BCUT2D eigenvalue weighted by molar-refractivity contribution is 8.14. The van der Waals surface area contributed by atoms with Crippen molar-refractivity contribution in [2.75, 3.05) is 5.70 Å². The van der Waals surface area contributed by atoms with Crippen molar-refractivity contribution in [1.82, 2.24) is 0 Å². The van der Waals surface area contributed by atoms with E-state index in [2.05, 4.69) is 0 Å². The van der Waals surface area contributed by atoms with E-state index >= 15 is 0 Å². The van der Waals surface area contributed by atoms with Crippen molar-refractivity contribution in [2.45, 2.75) is 12.4 Å². The molecule has 1 saturated heterocycles. The van der Waals surface area contributed by atoms with Gasteiger partial charge in [0.15, 0.2) is 0 Å². The third-order valence-electron chi connectivity index (χ3n) is 0.620. The van der Waals surface area contributed by atoms with E-state index in [0.29, 0.717) is 11.8 Å². The van der Waals surface area contributed by atoms with Gasteiger partial charge in [-0.15, -0.1) is 0 Å². The number of thioether (sulfide) groups is 1. The Morgan fingerprint density at radius 1 is 2.14 bits per heavy atom. The monoisotopic (exact) mass is 121 g/mol. The molecule has 0 aromatic carbocycles. The molecule has 2 N–H and O–H groups in total. The summed E-state index contributed by atoms with van der Waals surface area (Å²) in [5.41, 5.74) is 2.96. The molecule has 1 fully saturated rings. The van der Waals surface area contributed by atoms with Crippen molar-refractivity contribution in [3.63, 3.8) is 0 Å². The summed E-state index contributed by atoms with van der Waals surface area (Å²) in [5, 5.41) is -0.625. The van der Waals surface area contributed by atoms with Gasteiger partial charge in [0.2, 0.25) is 5.12 Å². The standard InChI is InChI=1S/C4H7NOS/c5-3-1-2-7-4(3)6/h3H,1-2,5H2/i1D2,2D2. The van der Waals surface area contributed by atoms with Crippen molar-refractivity contribution < 1.29 is 10.3 Å². The van der Waals surface area contributed by atoms with Crippen LogP contribution in [0.1, 0.15) is 11.9 Å². The number of carbonyl (C=O) groups excluding carboxylic acids is 1. The quantitative estimate of drug-likeness (QED) is 0.489. The first-order valence-corrected chi connectivity index (χ1v) is 2.59. The van der Waals surface area contributed by atoms with Gasteiger partial charge in [-0.2, -0.15) is 0 Å². The third-order valence-corrected chi connectivity index (χ3v) is 1.30. The molecule has 0 radical (unpaired) electrons. The van der Waals surface area contributed by atoms with Crippen LogP contribution in [0, 0.1) is 0 Å². The molecule has 2 nitrogen and oxygen atoms in total. The minimum absolute atomic E-state index is 0.332. The molecule has 0 saturated carbocycles. The van der Waals surface area contributed by atoms with Gasteiger partial charge in [-0.25, -0.2) is 0 Å². The Morgan fingerprint density at radius 2 is 2.86 bits per heavy atom. The number of hydrogen-bond acceptors (Lipinski definition) is 3. The lowest BCUT2D eigenvalue weighted by molar-refractivity contribution is -0.111. The molecular formula is C4H7NOS. The zero-order valence-electron chi connectivity index (χ0n) is 7.47. The Morgan fingerprint density at radius 3 is 3.00 bits per heavy atom. The lowest BCUT2D eigenvalue weighted by Crippen LogP contribution is -2.22. The second kappa shape index (κ2) is 1.84. The number of carbonyl (C=O) groups is 1. The molecule has 40 valence electrons. The average molecular weight is 121 g/mol. The van der Waals surface area contributed by atoms with Crippen LogP contribution in [-0.4, -0.2) is 16.9 Å². The molecule has 0 aromatic rings. The van der Waals surface area contributed by atoms with E-state index < -0.39 is 23.2 Å². The van der Waals surface area contributed by atoms with Gasteiger partial charge in [0.25, 0.3) is 0 Å². The zero-order chi connectivity index (χ0) is 8.86. The number of rotatable bonds is 0. The summed E-state index contributed by atoms with van der Waals surface area (Å²) < 4.78 is 28.5. The molecule has 0 amide bonds. The molecule has 0 aliphatic carbocycles. The second-order valence-electron chi connectivity index (χ2n) is 1.15. The van der Waals surface area contributed by atoms with Gasteiger partial charge in [0, 0.05) is 11.2 Å². The van der Waals surface area contributed by atoms with Crippen molar-refractivity contribution in [3.8, 4) is 0 Å². The molecule has 1 rings (SSSR count). The van der Waals surface area contributed by atoms with E-state index in [9.17, 15) is 4.79 Å². The minimum atomic E-state index is -2.26. The molecule has 1 atom stereocenters. The molecule has 3 heteroatoms. The van der Waals surface area contributed by atoms with Crippen LogP contribution in [0.2, 0.25) is 0 Å². The molecule has 1 heterocycles. The summed E-state index contributed by atoms with van der Waals surface area (Å²) >= 11 is 0.332. The molecule has 0 aromatic heterocycles. The van der Waals surface area contributed by atoms with Gasteiger partial charge in [-0.3, -0.25) is 4.79 Å². The van der Waals surface area contributed by atoms with Crippen LogP contribution in [0.15, 0.2) is 0 Å². The highest BCUT2D eigenvalue weighted by Gasteiger charge is 2.19. The highest BCUT2D eigenvalue weighted by Crippen LogP contribution is 2.16. The normalized spacial score (nSPS) is 54.4. The number of hydrogen-bond donors (Lipinski definition) is 1. The Hall–Kier alpha value is -0.0200. The van der Waals surface area contributed by atoms with Gasteiger partial charge in [-0.05, 0) is 6.37 Å². The Balaban J connectivity index is 3.01. The first-order chi connectivity index (χ1) is 4.79. The lowest BCUT2D eigenvalue weighted by atomic mass is 10.3. The maximum absolute atomic E-state index is 10.8. The number of nitrogens with two attached hydrogens (primary N) is 1. The topological polar surface area (TPSA) is 43.1 Å². The first kappa shape index (κ1) is 2.07. The molecule has 1 aliphatic heterocycles. The van der Waals surface area contributed by atoms with Crippen molar-refractivity contribution in [1.29, 1.82) is 0 Å². The molecule has 0 spiro atoms. The van der Waals surface area contributed by atoms with Crippen LogP contribution < -0.4 is 5.73 Å². The summed E-state index contributed by atoms with van der Waals surface area (Å²) in [5.74, 6) is 0. The SMILES string of the molecule is [2H]C1([2H])SC(=O)C(N)C1([2H])[2H]. The fourth-order valence-electron chi connectivity index (χ4n) is 0.266. The predicted molar refractivity (Wildman–Crippen MR) is 30.1 cm³/mol. The predicted octanol–water partition coefficient (Wildman–Crippen LogP) is -0.0228. The maximum atomic E-state index is 10.8. The fraction of sp³-hybridized carbons (Fsp3) is 0.750. The Labute approximate surface area is 52.1 Å². The Bertz CT molecular complexity index is 206. The van der Waals surface area contributed by atoms with Crippen LogP contribution in [-0.2, 0) is 4.79 Å². The van der Waals surface area contributed by atoms with E-state index in [1.807, 2.05) is 0 Å². The van der Waals surface area contributed by atoms with Crippen molar-refractivity contribution in [2.24, 2.45) is 5.73 Å². The summed E-state index contributed by atoms with van der Waals surface area (Å²) in [6.45, 7) is 0. The van der Waals surface area contributed by atoms with Gasteiger partial charge in [-0.1, -0.05) is 11.8 Å². The van der Waals surface area contributed by atoms with Gasteiger partial charge in [0.1, 0.15) is 0 Å². The second-order valence-corrected chi connectivity index (χ2v) is 1.96. The summed E-state index contributed by atoms with van der Waals surface area (Å²) in [4.78, 5) is 10.8. The molecular weight excluding hydrogens is 110 g/mol. The summed E-state index contributed by atoms with van der Waals surface area (Å²) in [7, 11) is 0. The largest absolute Gasteiger partial charge is 0.321 e. The van der Waals surface area contributed by atoms with E-state index in [-0.39, 0.29) is 0 Å². The zero-order valence-corrected chi connectivity index (χ0v) is 4.29. The van der Waals surface area contributed by atoms with E-state index in [0.717, 1.165) is 0 Å². The van der Waals surface area contributed by atoms with Crippen LogP contribution in [0.3, 0.4) is 0 Å². The van der Waals surface area contributed by atoms with E-state index in [4.69, 9.17) is 11.2 Å². The first-order valence-electron chi connectivity index (χ1n) is 3.77. The van der Waals surface area contributed by atoms with Crippen LogP contribution in [0.4, 0.5) is 0 Å². The van der Waals surface area contributed by atoms with Crippen LogP contribution >= 0.6 is 11.8 Å². The molecule has 7 heavy (non-hydrogen) atoms. The summed E-state index contributed by atoms with van der Waals surface area (Å²) in [6, 6.07) is -1.34. The Kier molecular flexibility index (Phi) is 0.544. The van der Waals surface area contributed by atoms with Gasteiger partial charge < -0.3 is 5.73 Å². The summed E-state index contributed by atoms with van der Waals surface area (Å²) in [6.07, 6.45) is -2.26. The van der Waals surface area contributed by atoms with Crippen molar-refractivity contribution in [3.05, 3.63) is 0 Å². The van der Waals surface area contributed by atoms with Crippen molar-refractivity contribution >= 4 is 16.9 Å². The van der Waals surface area contributed by atoms with Gasteiger partial charge in [0.05, 0.1) is 6.04 Å². The average Bonchev–Trinajstić information content (AvgIpc) is 1.93. The molecule has 1 unspecified atom stereocenters. The maximum Gasteiger partial charge on any atom is 0.205 e. The van der Waals surface area contributed by atoms with Crippen LogP contribution in [0.25, 0.3) is 0 Å². The fourth-order valence-corrected chi connectivity index (χ4v) is 0.738. The smallest absolute Gasteiger partial charge is 0.205 e. The highest BCUT2D eigenvalue weighted by atomic mass is 32.2.